The van der Waals surface area contributed by atoms with Crippen molar-refractivity contribution in [2.45, 2.75) is 57.5 Å². The van der Waals surface area contributed by atoms with E-state index < -0.39 is 0 Å². The van der Waals surface area contributed by atoms with Crippen LogP contribution in [0.15, 0.2) is 89.8 Å². The average molecular weight is 534 g/mol. The van der Waals surface area contributed by atoms with Crippen LogP contribution in [-0.2, 0) is 22.6 Å². The number of ketones is 2. The van der Waals surface area contributed by atoms with E-state index in [0.29, 0.717) is 37.4 Å². The van der Waals surface area contributed by atoms with Crippen LogP contribution in [0, 0.1) is 0 Å². The topological polar surface area (TPSA) is 55.8 Å². The van der Waals surface area contributed by atoms with Gasteiger partial charge in [0.15, 0.2) is 23.1 Å². The summed E-state index contributed by atoms with van der Waals surface area (Å²) in [5, 5.41) is 2.32. The van der Waals surface area contributed by atoms with Crippen molar-refractivity contribution in [3.8, 4) is 11.5 Å². The molecule has 0 N–H and O–H groups in total. The zero-order chi connectivity index (χ0) is 27.8. The van der Waals surface area contributed by atoms with Gasteiger partial charge in [0.1, 0.15) is 6.61 Å². The van der Waals surface area contributed by atoms with E-state index in [9.17, 15) is 9.59 Å². The molecule has 0 saturated heterocycles. The summed E-state index contributed by atoms with van der Waals surface area (Å²) in [5.41, 5.74) is 6.61. The smallest absolute Gasteiger partial charge is 0.165 e. The van der Waals surface area contributed by atoms with Crippen LogP contribution in [0.25, 0.3) is 10.8 Å². The first-order valence-electron chi connectivity index (χ1n) is 14.2. The molecule has 0 saturated carbocycles. The summed E-state index contributed by atoms with van der Waals surface area (Å²) in [7, 11) is 3.66. The van der Waals surface area contributed by atoms with Gasteiger partial charge in [-0.05, 0) is 60.1 Å². The van der Waals surface area contributed by atoms with Gasteiger partial charge in [0, 0.05) is 53.9 Å². The first kappa shape index (κ1) is 26.1. The van der Waals surface area contributed by atoms with Gasteiger partial charge in [-0.25, -0.2) is 0 Å². The van der Waals surface area contributed by atoms with Crippen LogP contribution >= 0.6 is 0 Å². The van der Waals surface area contributed by atoms with Crippen molar-refractivity contribution in [2.24, 2.45) is 0 Å². The van der Waals surface area contributed by atoms with Gasteiger partial charge in [-0.1, -0.05) is 54.6 Å². The highest BCUT2D eigenvalue weighted by Crippen LogP contribution is 2.50. The fourth-order valence-electron chi connectivity index (χ4n) is 6.73. The Labute approximate surface area is 235 Å². The molecule has 3 aromatic rings. The normalized spacial score (nSPS) is 17.7. The van der Waals surface area contributed by atoms with E-state index in [-0.39, 0.29) is 17.5 Å². The van der Waals surface area contributed by atoms with Crippen LogP contribution in [0.2, 0.25) is 0 Å². The van der Waals surface area contributed by atoms with Gasteiger partial charge in [0.2, 0.25) is 0 Å². The Morgan fingerprint density at radius 3 is 2.25 bits per heavy atom. The molecule has 3 aromatic carbocycles. The molecule has 0 radical (unpaired) electrons. The van der Waals surface area contributed by atoms with Crippen molar-refractivity contribution in [2.75, 3.05) is 14.2 Å². The van der Waals surface area contributed by atoms with Crippen molar-refractivity contribution in [1.29, 1.82) is 0 Å². The Hall–Kier alpha value is -4.12. The molecule has 0 amide bonds. The number of methoxy groups -OCH3 is 1. The number of benzene rings is 3. The van der Waals surface area contributed by atoms with Crippen LogP contribution in [0.1, 0.15) is 61.1 Å². The number of fused-ring (bicyclic) bond motifs is 1. The Morgan fingerprint density at radius 1 is 0.900 bits per heavy atom. The number of rotatable bonds is 7. The summed E-state index contributed by atoms with van der Waals surface area (Å²) < 4.78 is 12.4. The summed E-state index contributed by atoms with van der Waals surface area (Å²) in [6.07, 6.45) is 6.84. The summed E-state index contributed by atoms with van der Waals surface area (Å²) >= 11 is 0. The van der Waals surface area contributed by atoms with E-state index in [4.69, 9.17) is 9.47 Å². The van der Waals surface area contributed by atoms with Gasteiger partial charge < -0.3 is 14.4 Å². The quantitative estimate of drug-likeness (QED) is 0.301. The Kier molecular flexibility index (Phi) is 7.05. The minimum Gasteiger partial charge on any atom is -0.493 e. The summed E-state index contributed by atoms with van der Waals surface area (Å²) in [6.45, 7) is 4.38. The molecule has 6 rings (SSSR count). The largest absolute Gasteiger partial charge is 0.493 e. The maximum atomic E-state index is 13.4. The lowest BCUT2D eigenvalue weighted by Crippen LogP contribution is -2.37. The zero-order valence-electron chi connectivity index (χ0n) is 23.3. The van der Waals surface area contributed by atoms with Crippen LogP contribution in [0.4, 0.5) is 0 Å². The second kappa shape index (κ2) is 10.8. The number of Topliss-reactive ketones (excluding diaryl/α,β-unsaturated/α-hetero) is 2. The van der Waals surface area contributed by atoms with Gasteiger partial charge in [-0.2, -0.15) is 0 Å². The predicted molar refractivity (Wildman–Crippen MR) is 157 cm³/mol. The highest BCUT2D eigenvalue weighted by Gasteiger charge is 2.42. The summed E-state index contributed by atoms with van der Waals surface area (Å²) in [5.74, 6) is 1.17. The van der Waals surface area contributed by atoms with Crippen LogP contribution < -0.4 is 9.47 Å². The Morgan fingerprint density at radius 2 is 1.57 bits per heavy atom. The molecule has 1 aliphatic heterocycles. The Bertz CT molecular complexity index is 1540. The van der Waals surface area contributed by atoms with Crippen molar-refractivity contribution < 1.29 is 19.1 Å². The number of nitrogens with zero attached hydrogens (tertiary/aromatic N) is 1. The third-order valence-electron chi connectivity index (χ3n) is 8.57. The molecular formula is C35H35NO4. The maximum absolute atomic E-state index is 13.4. The monoisotopic (exact) mass is 533 g/mol. The third kappa shape index (κ3) is 4.43. The highest BCUT2D eigenvalue weighted by atomic mass is 16.5. The first-order valence-corrected chi connectivity index (χ1v) is 14.2. The second-order valence-electron chi connectivity index (χ2n) is 10.9. The molecule has 0 atom stereocenters. The van der Waals surface area contributed by atoms with Gasteiger partial charge in [0.05, 0.1) is 7.11 Å². The molecule has 0 unspecified atom stereocenters. The fraction of sp³-hybridized carbons (Fsp3) is 0.314. The predicted octanol–water partition coefficient (Wildman–Crippen LogP) is 7.20. The SMILES string of the molecule is C=CCc1cc(C2C3=C(CCCC3=O)N(C)C3=C2C(=O)CCC3)cc(OC)c1OCc1cccc2ccccc12. The second-order valence-corrected chi connectivity index (χ2v) is 10.9. The molecule has 0 aromatic heterocycles. The van der Waals surface area contributed by atoms with Crippen molar-refractivity contribution in [3.05, 3.63) is 106 Å². The van der Waals surface area contributed by atoms with E-state index >= 15 is 0 Å². The van der Waals surface area contributed by atoms with Crippen molar-refractivity contribution in [1.82, 2.24) is 4.90 Å². The summed E-state index contributed by atoms with van der Waals surface area (Å²) in [4.78, 5) is 29.0. The highest BCUT2D eigenvalue weighted by molar-refractivity contribution is 6.06. The van der Waals surface area contributed by atoms with Crippen LogP contribution in [0.5, 0.6) is 11.5 Å². The number of allylic oxidation sites excluding steroid dienone is 5. The van der Waals surface area contributed by atoms with Crippen LogP contribution in [0.3, 0.4) is 0 Å². The molecule has 1 heterocycles. The molecule has 0 spiro atoms. The fourth-order valence-corrected chi connectivity index (χ4v) is 6.73. The minimum atomic E-state index is -0.383. The lowest BCUT2D eigenvalue weighted by atomic mass is 9.71. The number of carbonyl (C=O) groups excluding carboxylic acids is 2. The first-order chi connectivity index (χ1) is 19.5. The molecule has 0 bridgehead atoms. The molecule has 204 valence electrons. The molecule has 5 nitrogen and oxygen atoms in total. The van der Waals surface area contributed by atoms with E-state index in [1.807, 2.05) is 37.4 Å². The van der Waals surface area contributed by atoms with E-state index in [2.05, 4.69) is 41.8 Å². The molecular weight excluding hydrogens is 498 g/mol. The van der Waals surface area contributed by atoms with E-state index in [0.717, 1.165) is 70.3 Å². The average Bonchev–Trinajstić information content (AvgIpc) is 2.97. The number of hydrogen-bond donors (Lipinski definition) is 0. The minimum absolute atomic E-state index is 0.142. The zero-order valence-corrected chi connectivity index (χ0v) is 23.3. The lowest BCUT2D eigenvalue weighted by molar-refractivity contribution is -0.117. The van der Waals surface area contributed by atoms with Gasteiger partial charge in [0.25, 0.3) is 0 Å². The summed E-state index contributed by atoms with van der Waals surface area (Å²) in [6, 6.07) is 18.6. The van der Waals surface area contributed by atoms with Gasteiger partial charge in [-0.15, -0.1) is 6.58 Å². The van der Waals surface area contributed by atoms with Crippen molar-refractivity contribution in [3.63, 3.8) is 0 Å². The van der Waals surface area contributed by atoms with Crippen LogP contribution in [-0.4, -0.2) is 30.6 Å². The molecule has 40 heavy (non-hydrogen) atoms. The number of hydrogen-bond acceptors (Lipinski definition) is 5. The molecule has 2 aliphatic carbocycles. The van der Waals surface area contributed by atoms with Gasteiger partial charge >= 0.3 is 0 Å². The molecule has 5 heteroatoms. The van der Waals surface area contributed by atoms with Gasteiger partial charge in [-0.3, -0.25) is 9.59 Å². The Balaban J connectivity index is 1.46. The lowest BCUT2D eigenvalue weighted by Gasteiger charge is -2.42. The van der Waals surface area contributed by atoms with E-state index in [1.165, 1.54) is 5.39 Å². The maximum Gasteiger partial charge on any atom is 0.165 e. The molecule has 0 fully saturated rings. The third-order valence-corrected chi connectivity index (χ3v) is 8.57. The standard InChI is InChI=1S/C35H35NO4/c1-4-10-23-19-25(20-31(39-3)35(23)40-21-24-13-7-12-22-11-5-6-14-26(22)24)32-33-27(15-8-17-29(33)37)36(2)28-16-9-18-30(38)34(28)32/h4-7,11-14,19-20,32H,1,8-10,15-18,21H2,2-3H3. The molecule has 3 aliphatic rings. The number of ether oxygens (including phenoxy) is 2. The van der Waals surface area contributed by atoms with E-state index in [1.54, 1.807) is 7.11 Å². The number of carbonyl (C=O) groups is 2. The van der Waals surface area contributed by atoms with Crippen molar-refractivity contribution >= 4 is 22.3 Å².